The maximum atomic E-state index is 13.2. The van der Waals surface area contributed by atoms with E-state index in [1.54, 1.807) is 24.4 Å². The molecule has 1 unspecified atom stereocenters. The van der Waals surface area contributed by atoms with E-state index in [0.717, 1.165) is 12.4 Å². The molecule has 0 bridgehead atoms. The molecular weight excluding hydrogens is 368 g/mol. The predicted molar refractivity (Wildman–Crippen MR) is 106 cm³/mol. The third-order valence-electron chi connectivity index (χ3n) is 4.45. The molecule has 1 aliphatic rings. The maximum absolute atomic E-state index is 13.2. The summed E-state index contributed by atoms with van der Waals surface area (Å²) < 4.78 is 13.2. The molecule has 0 saturated carbocycles. The first kappa shape index (κ1) is 21.1. The second-order valence-corrected chi connectivity index (χ2v) is 6.14. The number of carbonyl (C=O) groups excluding carboxylic acids is 1. The zero-order valence-corrected chi connectivity index (χ0v) is 16.8. The smallest absolute Gasteiger partial charge is 0.254 e. The summed E-state index contributed by atoms with van der Waals surface area (Å²) >= 11 is 0. The molecule has 27 heavy (non-hydrogen) atoms. The number of nitrogens with zero attached hydrogens (tertiary/aromatic N) is 3. The zero-order valence-electron chi connectivity index (χ0n) is 16.0. The molecule has 7 nitrogen and oxygen atoms in total. The van der Waals surface area contributed by atoms with Gasteiger partial charge in [-0.1, -0.05) is 0 Å². The van der Waals surface area contributed by atoms with E-state index in [4.69, 9.17) is 9.47 Å². The summed E-state index contributed by atoms with van der Waals surface area (Å²) in [5.41, 5.74) is 0.595. The lowest BCUT2D eigenvalue weighted by Crippen LogP contribution is -2.49. The number of carbonyl (C=O) groups is 1. The van der Waals surface area contributed by atoms with E-state index in [2.05, 4.69) is 10.3 Å². The number of halogens is 1. The molecule has 0 aliphatic carbocycles. The third-order valence-corrected chi connectivity index (χ3v) is 4.45. The van der Waals surface area contributed by atoms with Crippen molar-refractivity contribution in [1.29, 1.82) is 0 Å². The lowest BCUT2D eigenvalue weighted by molar-refractivity contribution is 0.0620. The molecule has 1 aromatic carbocycles. The van der Waals surface area contributed by atoms with Gasteiger partial charge in [0.15, 0.2) is 11.5 Å². The van der Waals surface area contributed by atoms with Gasteiger partial charge in [-0.25, -0.2) is 4.98 Å². The van der Waals surface area contributed by atoms with Gasteiger partial charge in [0.1, 0.15) is 11.9 Å². The number of benzene rings is 1. The van der Waals surface area contributed by atoms with Crippen LogP contribution in [0.2, 0.25) is 0 Å². The van der Waals surface area contributed by atoms with Gasteiger partial charge >= 0.3 is 0 Å². The van der Waals surface area contributed by atoms with Crippen LogP contribution in [0.1, 0.15) is 36.1 Å². The zero-order chi connectivity index (χ0) is 18.5. The molecule has 0 spiro atoms. The summed E-state index contributed by atoms with van der Waals surface area (Å²) in [6.45, 7) is 6.99. The molecule has 8 heteroatoms. The average molecular weight is 395 g/mol. The highest BCUT2D eigenvalue weighted by Crippen LogP contribution is 2.30. The van der Waals surface area contributed by atoms with Crippen molar-refractivity contribution in [2.24, 2.45) is 7.05 Å². The van der Waals surface area contributed by atoms with E-state index in [1.807, 2.05) is 36.6 Å². The van der Waals surface area contributed by atoms with Gasteiger partial charge in [-0.2, -0.15) is 0 Å². The number of aryl methyl sites for hydroxylation is 1. The first-order chi connectivity index (χ1) is 12.7. The monoisotopic (exact) mass is 394 g/mol. The van der Waals surface area contributed by atoms with Crippen molar-refractivity contribution in [3.63, 3.8) is 0 Å². The van der Waals surface area contributed by atoms with Crippen molar-refractivity contribution in [3.05, 3.63) is 42.0 Å². The Labute approximate surface area is 166 Å². The number of nitrogens with one attached hydrogen (secondary N) is 1. The van der Waals surface area contributed by atoms with Crippen LogP contribution in [0.3, 0.4) is 0 Å². The summed E-state index contributed by atoms with van der Waals surface area (Å²) in [5, 5.41) is 3.35. The number of aromatic nitrogens is 2. The normalized spacial score (nSPS) is 16.6. The average Bonchev–Trinajstić information content (AvgIpc) is 3.09. The minimum absolute atomic E-state index is 0. The Hall–Kier alpha value is -2.25. The molecule has 1 saturated heterocycles. The lowest BCUT2D eigenvalue weighted by Gasteiger charge is -2.35. The minimum atomic E-state index is -0.0987. The largest absolute Gasteiger partial charge is 0.490 e. The number of hydrogen-bond acceptors (Lipinski definition) is 5. The summed E-state index contributed by atoms with van der Waals surface area (Å²) in [7, 11) is 1.95. The van der Waals surface area contributed by atoms with Gasteiger partial charge < -0.3 is 24.3 Å². The number of piperazine rings is 1. The Bertz CT molecular complexity index is 765. The van der Waals surface area contributed by atoms with Crippen molar-refractivity contribution in [3.8, 4) is 11.5 Å². The first-order valence-electron chi connectivity index (χ1n) is 9.04. The number of hydrogen-bond donors (Lipinski definition) is 1. The molecule has 1 aromatic heterocycles. The Morgan fingerprint density at radius 2 is 2.00 bits per heavy atom. The van der Waals surface area contributed by atoms with Crippen LogP contribution in [0.15, 0.2) is 30.6 Å². The van der Waals surface area contributed by atoms with Crippen LogP contribution in [-0.2, 0) is 7.05 Å². The molecule has 148 valence electrons. The number of imidazole rings is 1. The Balaban J connectivity index is 0.00000261. The lowest BCUT2D eigenvalue weighted by atomic mass is 10.1. The van der Waals surface area contributed by atoms with Crippen LogP contribution in [0.5, 0.6) is 11.5 Å². The fourth-order valence-corrected chi connectivity index (χ4v) is 3.23. The third kappa shape index (κ3) is 4.54. The van der Waals surface area contributed by atoms with Crippen LogP contribution in [0.4, 0.5) is 0 Å². The Kier molecular flexibility index (Phi) is 7.50. The van der Waals surface area contributed by atoms with Gasteiger partial charge in [-0.05, 0) is 32.0 Å². The highest BCUT2D eigenvalue weighted by atomic mass is 35.5. The fraction of sp³-hybridized carbons (Fsp3) is 0.474. The number of rotatable bonds is 6. The summed E-state index contributed by atoms with van der Waals surface area (Å²) in [6, 6.07) is 5.28. The van der Waals surface area contributed by atoms with E-state index in [-0.39, 0.29) is 24.4 Å². The molecule has 1 fully saturated rings. The topological polar surface area (TPSA) is 68.6 Å². The van der Waals surface area contributed by atoms with Gasteiger partial charge in [0.2, 0.25) is 0 Å². The van der Waals surface area contributed by atoms with Crippen LogP contribution < -0.4 is 14.8 Å². The number of ether oxygens (including phenoxy) is 2. The van der Waals surface area contributed by atoms with Gasteiger partial charge in [-0.3, -0.25) is 4.79 Å². The van der Waals surface area contributed by atoms with Crippen LogP contribution in [0, 0.1) is 0 Å². The van der Waals surface area contributed by atoms with Gasteiger partial charge in [0.25, 0.3) is 5.91 Å². The SMILES string of the molecule is CCOc1ccc(C(=O)N2CCNCC2c2nccn2C)cc1OCC.Cl. The summed E-state index contributed by atoms with van der Waals surface area (Å²) in [6.07, 6.45) is 3.66. The van der Waals surface area contributed by atoms with E-state index in [0.29, 0.717) is 43.4 Å². The van der Waals surface area contributed by atoms with Crippen molar-refractivity contribution in [1.82, 2.24) is 19.8 Å². The first-order valence-corrected chi connectivity index (χ1v) is 9.04. The van der Waals surface area contributed by atoms with Gasteiger partial charge in [0, 0.05) is 44.6 Å². The van der Waals surface area contributed by atoms with E-state index in [1.165, 1.54) is 0 Å². The molecular formula is C19H27ClN4O3. The second kappa shape index (κ2) is 9.62. The molecule has 2 aromatic rings. The Morgan fingerprint density at radius 1 is 1.26 bits per heavy atom. The van der Waals surface area contributed by atoms with E-state index in [9.17, 15) is 4.79 Å². The van der Waals surface area contributed by atoms with Gasteiger partial charge in [-0.15, -0.1) is 12.4 Å². The van der Waals surface area contributed by atoms with Crippen molar-refractivity contribution in [2.75, 3.05) is 32.8 Å². The molecule has 1 aliphatic heterocycles. The maximum Gasteiger partial charge on any atom is 0.254 e. The summed E-state index contributed by atoms with van der Waals surface area (Å²) in [4.78, 5) is 19.5. The number of amides is 1. The highest BCUT2D eigenvalue weighted by molar-refractivity contribution is 5.95. The summed E-state index contributed by atoms with van der Waals surface area (Å²) in [5.74, 6) is 2.11. The predicted octanol–water partition coefficient (Wildman–Crippen LogP) is 2.43. The van der Waals surface area contributed by atoms with Crippen molar-refractivity contribution in [2.45, 2.75) is 19.9 Å². The minimum Gasteiger partial charge on any atom is -0.490 e. The van der Waals surface area contributed by atoms with Crippen LogP contribution in [0.25, 0.3) is 0 Å². The van der Waals surface area contributed by atoms with Crippen molar-refractivity contribution < 1.29 is 14.3 Å². The quantitative estimate of drug-likeness (QED) is 0.814. The molecule has 0 radical (unpaired) electrons. The molecule has 2 heterocycles. The van der Waals surface area contributed by atoms with Crippen LogP contribution in [-0.4, -0.2) is 53.2 Å². The molecule has 3 rings (SSSR count). The second-order valence-electron chi connectivity index (χ2n) is 6.14. The van der Waals surface area contributed by atoms with Crippen molar-refractivity contribution >= 4 is 18.3 Å². The van der Waals surface area contributed by atoms with E-state index >= 15 is 0 Å². The highest BCUT2D eigenvalue weighted by Gasteiger charge is 2.31. The molecule has 1 atom stereocenters. The van der Waals surface area contributed by atoms with E-state index < -0.39 is 0 Å². The van der Waals surface area contributed by atoms with Gasteiger partial charge in [0.05, 0.1) is 13.2 Å². The van der Waals surface area contributed by atoms with Crippen LogP contribution >= 0.6 is 12.4 Å². The Morgan fingerprint density at radius 3 is 2.67 bits per heavy atom. The molecule has 1 amide bonds. The molecule has 1 N–H and O–H groups in total. The fourth-order valence-electron chi connectivity index (χ4n) is 3.23. The standard InChI is InChI=1S/C19H26N4O3.ClH/c1-4-25-16-7-6-14(12-17(16)26-5-2)19(24)23-11-8-20-13-15(23)18-21-9-10-22(18)3;/h6-7,9-10,12,15,20H,4-5,8,11,13H2,1-3H3;1H.